The summed E-state index contributed by atoms with van der Waals surface area (Å²) in [7, 11) is 0. The Morgan fingerprint density at radius 3 is 1.03 bits per heavy atom. The maximum Gasteiger partial charge on any atom is 0.193 e. The average molecular weight is 475 g/mol. The van der Waals surface area contributed by atoms with E-state index in [9.17, 15) is 9.59 Å². The highest BCUT2D eigenvalue weighted by molar-refractivity contribution is 6.09. The van der Waals surface area contributed by atoms with Crippen LogP contribution in [0.15, 0.2) is 109 Å². The van der Waals surface area contributed by atoms with E-state index in [1.807, 2.05) is 84.9 Å². The van der Waals surface area contributed by atoms with Crippen molar-refractivity contribution in [2.75, 3.05) is 0 Å². The van der Waals surface area contributed by atoms with E-state index in [2.05, 4.69) is 24.3 Å². The van der Waals surface area contributed by atoms with Crippen molar-refractivity contribution < 1.29 is 9.59 Å². The second-order valence-electron chi connectivity index (χ2n) is 9.41. The summed E-state index contributed by atoms with van der Waals surface area (Å²) in [6.45, 7) is 0. The molecule has 0 bridgehead atoms. The largest absolute Gasteiger partial charge is 0.289 e. The lowest BCUT2D eigenvalue weighted by molar-refractivity contribution is 0.103. The van der Waals surface area contributed by atoms with Gasteiger partial charge in [0.2, 0.25) is 0 Å². The number of ketones is 2. The SMILES string of the molecule is O=C(c1ccccc1)c1ccc(CCCCCCCCc2ccc(C(=O)c3ccccc3)cc2)cc1. The van der Waals surface area contributed by atoms with E-state index in [-0.39, 0.29) is 11.6 Å². The van der Waals surface area contributed by atoms with Gasteiger partial charge >= 0.3 is 0 Å². The molecular weight excluding hydrogens is 440 g/mol. The normalized spacial score (nSPS) is 10.8. The Morgan fingerprint density at radius 2 is 0.667 bits per heavy atom. The maximum absolute atomic E-state index is 12.5. The van der Waals surface area contributed by atoms with Gasteiger partial charge in [0.15, 0.2) is 11.6 Å². The number of rotatable bonds is 13. The second-order valence-corrected chi connectivity index (χ2v) is 9.41. The number of carbonyl (C=O) groups excluding carboxylic acids is 2. The molecule has 0 unspecified atom stereocenters. The van der Waals surface area contributed by atoms with E-state index in [0.717, 1.165) is 35.1 Å². The van der Waals surface area contributed by atoms with Crippen molar-refractivity contribution in [2.24, 2.45) is 0 Å². The quantitative estimate of drug-likeness (QED) is 0.144. The number of aryl methyl sites for hydroxylation is 2. The van der Waals surface area contributed by atoms with Gasteiger partial charge in [-0.25, -0.2) is 0 Å². The molecule has 0 aromatic heterocycles. The van der Waals surface area contributed by atoms with Crippen molar-refractivity contribution in [3.05, 3.63) is 143 Å². The molecule has 0 spiro atoms. The van der Waals surface area contributed by atoms with Crippen LogP contribution in [0.5, 0.6) is 0 Å². The third-order valence-electron chi connectivity index (χ3n) is 6.69. The highest BCUT2D eigenvalue weighted by atomic mass is 16.1. The molecular formula is C34H34O2. The Morgan fingerprint density at radius 1 is 0.361 bits per heavy atom. The molecule has 0 N–H and O–H groups in total. The Kier molecular flexibility index (Phi) is 9.39. The van der Waals surface area contributed by atoms with E-state index in [1.165, 1.54) is 49.7 Å². The zero-order chi connectivity index (χ0) is 25.0. The number of unbranched alkanes of at least 4 members (excludes halogenated alkanes) is 5. The third kappa shape index (κ3) is 7.36. The maximum atomic E-state index is 12.5. The molecule has 4 aromatic rings. The van der Waals surface area contributed by atoms with Crippen LogP contribution < -0.4 is 0 Å². The molecule has 0 atom stereocenters. The van der Waals surface area contributed by atoms with E-state index in [1.54, 1.807) is 0 Å². The molecule has 36 heavy (non-hydrogen) atoms. The fourth-order valence-electron chi connectivity index (χ4n) is 4.52. The molecule has 182 valence electrons. The van der Waals surface area contributed by atoms with Crippen LogP contribution in [0.4, 0.5) is 0 Å². The van der Waals surface area contributed by atoms with E-state index >= 15 is 0 Å². The molecule has 0 radical (unpaired) electrons. The minimum Gasteiger partial charge on any atom is -0.289 e. The first-order valence-corrected chi connectivity index (χ1v) is 13.1. The molecule has 2 nitrogen and oxygen atoms in total. The molecule has 0 heterocycles. The Bertz CT molecular complexity index is 1120. The van der Waals surface area contributed by atoms with Gasteiger partial charge in [0.05, 0.1) is 0 Å². The van der Waals surface area contributed by atoms with Gasteiger partial charge in [0.1, 0.15) is 0 Å². The van der Waals surface area contributed by atoms with Crippen LogP contribution in [0.25, 0.3) is 0 Å². The molecule has 4 rings (SSSR count). The van der Waals surface area contributed by atoms with E-state index < -0.39 is 0 Å². The van der Waals surface area contributed by atoms with Gasteiger partial charge in [-0.3, -0.25) is 9.59 Å². The molecule has 4 aromatic carbocycles. The average Bonchev–Trinajstić information content (AvgIpc) is 2.95. The van der Waals surface area contributed by atoms with Gasteiger partial charge in [-0.05, 0) is 36.8 Å². The number of hydrogen-bond donors (Lipinski definition) is 0. The van der Waals surface area contributed by atoms with Crippen molar-refractivity contribution in [2.45, 2.75) is 51.4 Å². The summed E-state index contributed by atoms with van der Waals surface area (Å²) in [5.41, 5.74) is 5.58. The first-order chi connectivity index (χ1) is 17.7. The van der Waals surface area contributed by atoms with Crippen LogP contribution in [0.1, 0.15) is 81.5 Å². The monoisotopic (exact) mass is 474 g/mol. The molecule has 0 fully saturated rings. The van der Waals surface area contributed by atoms with E-state index in [0.29, 0.717) is 0 Å². The Balaban J connectivity index is 1.09. The highest BCUT2D eigenvalue weighted by Gasteiger charge is 2.09. The first-order valence-electron chi connectivity index (χ1n) is 13.1. The van der Waals surface area contributed by atoms with Crippen LogP contribution in [-0.4, -0.2) is 11.6 Å². The summed E-state index contributed by atoms with van der Waals surface area (Å²) in [6.07, 6.45) is 9.49. The van der Waals surface area contributed by atoms with Crippen molar-refractivity contribution >= 4 is 11.6 Å². The minimum absolute atomic E-state index is 0.0822. The topological polar surface area (TPSA) is 34.1 Å². The molecule has 0 aliphatic carbocycles. The van der Waals surface area contributed by atoms with Crippen molar-refractivity contribution in [1.82, 2.24) is 0 Å². The van der Waals surface area contributed by atoms with Crippen LogP contribution in [0, 0.1) is 0 Å². The van der Waals surface area contributed by atoms with Crippen LogP contribution >= 0.6 is 0 Å². The number of benzene rings is 4. The first kappa shape index (κ1) is 25.3. The summed E-state index contributed by atoms with van der Waals surface area (Å²) >= 11 is 0. The Labute approximate surface area is 215 Å². The molecule has 0 amide bonds. The predicted molar refractivity (Wildman–Crippen MR) is 148 cm³/mol. The summed E-state index contributed by atoms with van der Waals surface area (Å²) in [5.74, 6) is 0.164. The lowest BCUT2D eigenvalue weighted by Gasteiger charge is -2.06. The van der Waals surface area contributed by atoms with Gasteiger partial charge in [-0.15, -0.1) is 0 Å². The number of carbonyl (C=O) groups is 2. The van der Waals surface area contributed by atoms with Gasteiger partial charge in [0.25, 0.3) is 0 Å². The highest BCUT2D eigenvalue weighted by Crippen LogP contribution is 2.16. The predicted octanol–water partition coefficient (Wildman–Crippen LogP) is 8.27. The molecule has 2 heteroatoms. The van der Waals surface area contributed by atoms with Gasteiger partial charge in [-0.1, -0.05) is 135 Å². The van der Waals surface area contributed by atoms with Crippen molar-refractivity contribution in [1.29, 1.82) is 0 Å². The fourth-order valence-corrected chi connectivity index (χ4v) is 4.52. The Hall–Kier alpha value is -3.78. The van der Waals surface area contributed by atoms with E-state index in [4.69, 9.17) is 0 Å². The second kappa shape index (κ2) is 13.3. The summed E-state index contributed by atoms with van der Waals surface area (Å²) in [6, 6.07) is 35.1. The van der Waals surface area contributed by atoms with Crippen LogP contribution in [0.3, 0.4) is 0 Å². The van der Waals surface area contributed by atoms with Gasteiger partial charge in [-0.2, -0.15) is 0 Å². The molecule has 0 aliphatic heterocycles. The van der Waals surface area contributed by atoms with Gasteiger partial charge < -0.3 is 0 Å². The summed E-state index contributed by atoms with van der Waals surface area (Å²) < 4.78 is 0. The molecule has 0 saturated heterocycles. The molecule has 0 saturated carbocycles. The van der Waals surface area contributed by atoms with Crippen molar-refractivity contribution in [3.63, 3.8) is 0 Å². The summed E-state index contributed by atoms with van der Waals surface area (Å²) in [4.78, 5) is 25.0. The smallest absolute Gasteiger partial charge is 0.193 e. The van der Waals surface area contributed by atoms with Gasteiger partial charge in [0, 0.05) is 22.3 Å². The van der Waals surface area contributed by atoms with Crippen LogP contribution in [0.2, 0.25) is 0 Å². The van der Waals surface area contributed by atoms with Crippen LogP contribution in [-0.2, 0) is 12.8 Å². The standard InChI is InChI=1S/C34H34O2/c35-33(29-15-9-5-10-16-29)31-23-19-27(20-24-31)13-7-3-1-2-4-8-14-28-21-25-32(26-22-28)34(36)30-17-11-6-12-18-30/h5-6,9-12,15-26H,1-4,7-8,13-14H2. The number of hydrogen-bond acceptors (Lipinski definition) is 2. The lowest BCUT2D eigenvalue weighted by Crippen LogP contribution is -2.01. The zero-order valence-corrected chi connectivity index (χ0v) is 20.9. The van der Waals surface area contributed by atoms with Crippen molar-refractivity contribution in [3.8, 4) is 0 Å². The molecule has 0 aliphatic rings. The third-order valence-corrected chi connectivity index (χ3v) is 6.69. The fraction of sp³-hybridized carbons (Fsp3) is 0.235. The summed E-state index contributed by atoms with van der Waals surface area (Å²) in [5, 5.41) is 0. The minimum atomic E-state index is 0.0822. The lowest BCUT2D eigenvalue weighted by atomic mass is 9.99. The zero-order valence-electron chi connectivity index (χ0n) is 20.9.